The first kappa shape index (κ1) is 14.5. The Bertz CT molecular complexity index is 53.2. The van der Waals surface area contributed by atoms with Crippen LogP contribution in [-0.2, 0) is 0 Å². The molecule has 0 aromatic carbocycles. The third kappa shape index (κ3) is 8.11. The third-order valence-corrected chi connectivity index (χ3v) is 1.78. The van der Waals surface area contributed by atoms with E-state index in [4.69, 9.17) is 0 Å². The van der Waals surface area contributed by atoms with E-state index in [-0.39, 0.29) is 75.5 Å². The maximum Gasteiger partial charge on any atom is 1.00 e. The summed E-state index contributed by atoms with van der Waals surface area (Å²) in [4.78, 5) is 0. The molecule has 0 spiro atoms. The molecule has 0 heterocycles. The Kier molecular flexibility index (Phi) is 16.0. The average Bonchev–Trinajstić information content (AvgIpc) is 1.91. The second kappa shape index (κ2) is 11.0. The fourth-order valence-electron chi connectivity index (χ4n) is 0.898. The van der Waals surface area contributed by atoms with Crippen molar-refractivity contribution in [1.29, 1.82) is 0 Å². The van der Waals surface area contributed by atoms with Crippen molar-refractivity contribution in [2.24, 2.45) is 5.92 Å². The van der Waals surface area contributed by atoms with Crippen LogP contribution in [0.15, 0.2) is 0 Å². The van der Waals surface area contributed by atoms with Crippen LogP contribution >= 0.6 is 0 Å². The van der Waals surface area contributed by atoms with Crippen molar-refractivity contribution in [1.82, 2.24) is 0 Å². The van der Waals surface area contributed by atoms with Crippen LogP contribution in [0, 0.1) is 5.92 Å². The molecule has 0 rings (SSSR count). The van der Waals surface area contributed by atoms with Crippen LogP contribution in [0.2, 0.25) is 0 Å². The quantitative estimate of drug-likeness (QED) is 0.595. The van der Waals surface area contributed by atoms with Crippen molar-refractivity contribution in [3.63, 3.8) is 0 Å². The van der Waals surface area contributed by atoms with Crippen LogP contribution in [0.5, 0.6) is 0 Å². The fraction of sp³-hybridized carbons (Fsp3) is 1.00. The third-order valence-electron chi connectivity index (χ3n) is 1.78. The Morgan fingerprint density at radius 1 is 1.30 bits per heavy atom. The summed E-state index contributed by atoms with van der Waals surface area (Å²) in [5.74, 6) is 0.449. The van der Waals surface area contributed by atoms with Crippen LogP contribution in [0.1, 0.15) is 39.5 Å². The van der Waals surface area contributed by atoms with Crippen LogP contribution in [0.4, 0.5) is 0 Å². The first-order valence-electron chi connectivity index (χ1n) is 3.93. The monoisotopic (exact) mass is 262 g/mol. The predicted molar refractivity (Wildman–Crippen MR) is 38.2 cm³/mol. The maximum atomic E-state index is 10.4. The van der Waals surface area contributed by atoms with Gasteiger partial charge in [0.05, 0.1) is 0 Å². The van der Waals surface area contributed by atoms with E-state index in [0.717, 1.165) is 12.8 Å². The van der Waals surface area contributed by atoms with Crippen LogP contribution < -0.4 is 74.0 Å². The van der Waals surface area contributed by atoms with Crippen molar-refractivity contribution >= 4 is 0 Å². The Balaban J connectivity index is 0. The van der Waals surface area contributed by atoms with Gasteiger partial charge in [-0.15, -0.1) is 6.61 Å². The minimum Gasteiger partial charge on any atom is -0.854 e. The molecule has 0 fully saturated rings. The molecule has 0 aromatic rings. The van der Waals surface area contributed by atoms with Crippen molar-refractivity contribution < 1.29 is 74.0 Å². The molecule has 0 aliphatic carbocycles. The van der Waals surface area contributed by atoms with Gasteiger partial charge < -0.3 is 5.11 Å². The Labute approximate surface area is 123 Å². The summed E-state index contributed by atoms with van der Waals surface area (Å²) in [7, 11) is 0. The predicted octanol–water partition coefficient (Wildman–Crippen LogP) is -1.43. The first-order chi connectivity index (χ1) is 4.35. The second-order valence-electron chi connectivity index (χ2n) is 2.58. The van der Waals surface area contributed by atoms with Gasteiger partial charge >= 0.3 is 68.9 Å². The molecule has 0 saturated heterocycles. The second-order valence-corrected chi connectivity index (χ2v) is 2.58. The van der Waals surface area contributed by atoms with Crippen molar-refractivity contribution in [2.45, 2.75) is 39.5 Å². The summed E-state index contributed by atoms with van der Waals surface area (Å²) in [6.07, 6.45) is 4.64. The molecule has 2 heteroatoms. The van der Waals surface area contributed by atoms with E-state index >= 15 is 0 Å². The van der Waals surface area contributed by atoms with Gasteiger partial charge in [0.15, 0.2) is 0 Å². The minimum absolute atomic E-state index is 0. The van der Waals surface area contributed by atoms with Gasteiger partial charge in [0, 0.05) is 0 Å². The summed E-state index contributed by atoms with van der Waals surface area (Å²) in [5.41, 5.74) is 0. The van der Waals surface area contributed by atoms with Gasteiger partial charge in [-0.25, -0.2) is 0 Å². The van der Waals surface area contributed by atoms with Crippen molar-refractivity contribution in [3.05, 3.63) is 0 Å². The van der Waals surface area contributed by atoms with E-state index in [1.165, 1.54) is 12.8 Å². The molecule has 0 bridgehead atoms. The van der Waals surface area contributed by atoms with Gasteiger partial charge in [-0.3, -0.25) is 0 Å². The fourth-order valence-corrected chi connectivity index (χ4v) is 0.898. The molecule has 0 aliphatic rings. The molecule has 0 aliphatic heterocycles. The van der Waals surface area contributed by atoms with Gasteiger partial charge in [0.1, 0.15) is 0 Å². The smallest absolute Gasteiger partial charge is 0.854 e. The molecule has 0 N–H and O–H groups in total. The van der Waals surface area contributed by atoms with Crippen LogP contribution in [0.25, 0.3) is 0 Å². The molecular formula is C8H17CsO. The molecule has 1 nitrogen and oxygen atoms in total. The zero-order valence-corrected chi connectivity index (χ0v) is 13.8. The summed E-state index contributed by atoms with van der Waals surface area (Å²) >= 11 is 0. The number of unbranched alkanes of at least 4 members (excludes halogenated alkanes) is 1. The van der Waals surface area contributed by atoms with Gasteiger partial charge in [-0.1, -0.05) is 45.4 Å². The van der Waals surface area contributed by atoms with Crippen LogP contribution in [0.3, 0.4) is 0 Å². The summed E-state index contributed by atoms with van der Waals surface area (Å²) in [6, 6.07) is 0. The standard InChI is InChI=1S/C8H17O.Cs/c1-3-5-6-8(4-2)7-9;/h8H,3-7H2,1-2H3;/q-1;+1. The average molecular weight is 262 g/mol. The molecule has 0 amide bonds. The van der Waals surface area contributed by atoms with Gasteiger partial charge in [-0.2, -0.15) is 0 Å². The number of hydrogen-bond donors (Lipinski definition) is 0. The van der Waals surface area contributed by atoms with Crippen molar-refractivity contribution in [3.8, 4) is 0 Å². The molecule has 0 saturated carbocycles. The molecule has 1 atom stereocenters. The first-order valence-corrected chi connectivity index (χ1v) is 3.93. The minimum atomic E-state index is 0. The summed E-state index contributed by atoms with van der Waals surface area (Å²) < 4.78 is 0. The zero-order valence-electron chi connectivity index (χ0n) is 7.52. The van der Waals surface area contributed by atoms with E-state index in [9.17, 15) is 5.11 Å². The summed E-state index contributed by atoms with van der Waals surface area (Å²) in [5, 5.41) is 10.4. The molecule has 10 heavy (non-hydrogen) atoms. The van der Waals surface area contributed by atoms with Crippen LogP contribution in [-0.4, -0.2) is 6.61 Å². The SMILES string of the molecule is CCCCC(CC)C[O-].[Cs+]. The van der Waals surface area contributed by atoms with E-state index in [1.54, 1.807) is 0 Å². The topological polar surface area (TPSA) is 23.1 Å². The molecule has 0 radical (unpaired) electrons. The van der Waals surface area contributed by atoms with E-state index < -0.39 is 0 Å². The van der Waals surface area contributed by atoms with Crippen molar-refractivity contribution in [2.75, 3.05) is 6.61 Å². The zero-order chi connectivity index (χ0) is 7.11. The number of rotatable bonds is 5. The Hall–Kier alpha value is 2.01. The van der Waals surface area contributed by atoms with E-state index in [1.807, 2.05) is 0 Å². The molecule has 1 unspecified atom stereocenters. The normalized spacial score (nSPS) is 12.3. The summed E-state index contributed by atoms with van der Waals surface area (Å²) in [6.45, 7) is 4.38. The maximum absolute atomic E-state index is 10.4. The van der Waals surface area contributed by atoms with Gasteiger partial charge in [-0.05, 0) is 0 Å². The van der Waals surface area contributed by atoms with Gasteiger partial charge in [0.25, 0.3) is 0 Å². The number of hydrogen-bond acceptors (Lipinski definition) is 1. The Morgan fingerprint density at radius 2 is 1.90 bits per heavy atom. The van der Waals surface area contributed by atoms with E-state index in [0.29, 0.717) is 5.92 Å². The molecule has 0 aromatic heterocycles. The largest absolute Gasteiger partial charge is 1.00 e. The molecular weight excluding hydrogens is 245 g/mol. The van der Waals surface area contributed by atoms with Gasteiger partial charge in [0.2, 0.25) is 0 Å². The van der Waals surface area contributed by atoms with E-state index in [2.05, 4.69) is 13.8 Å². The molecule has 56 valence electrons. The Morgan fingerprint density at radius 3 is 2.20 bits per heavy atom.